The highest BCUT2D eigenvalue weighted by Crippen LogP contribution is 2.40. The lowest BCUT2D eigenvalue weighted by atomic mass is 9.80. The van der Waals surface area contributed by atoms with Crippen LogP contribution in [0.5, 0.6) is 0 Å². The first-order chi connectivity index (χ1) is 9.43. The smallest absolute Gasteiger partial charge is 0.414 e. The number of aliphatic carboxylic acids is 2. The number of hydrogen-bond acceptors (Lipinski definition) is 6. The molecule has 0 amide bonds. The molecule has 2 aliphatic heterocycles. The number of hydrogen-bond donors (Lipinski definition) is 2. The van der Waals surface area contributed by atoms with E-state index in [0.29, 0.717) is 5.89 Å². The molecule has 2 unspecified atom stereocenters. The Hall–Kier alpha value is -1.96. The number of piperidine rings is 1. The maximum absolute atomic E-state index is 9.10. The van der Waals surface area contributed by atoms with Crippen molar-refractivity contribution in [3.63, 3.8) is 0 Å². The SMILES string of the molecule is Cc1nc(C23CCCN(CC2)C3)no1.O=C(O)C(=O)O. The lowest BCUT2D eigenvalue weighted by Crippen LogP contribution is -2.37. The van der Waals surface area contributed by atoms with E-state index in [1.54, 1.807) is 0 Å². The number of aromatic nitrogens is 2. The van der Waals surface area contributed by atoms with E-state index in [9.17, 15) is 0 Å². The molecule has 0 saturated carbocycles. The van der Waals surface area contributed by atoms with E-state index >= 15 is 0 Å². The summed E-state index contributed by atoms with van der Waals surface area (Å²) >= 11 is 0. The van der Waals surface area contributed by atoms with Gasteiger partial charge < -0.3 is 19.6 Å². The maximum Gasteiger partial charge on any atom is 0.414 e. The van der Waals surface area contributed by atoms with Crippen LogP contribution in [-0.2, 0) is 15.0 Å². The molecular weight excluding hydrogens is 266 g/mol. The van der Waals surface area contributed by atoms with Crippen molar-refractivity contribution in [2.24, 2.45) is 0 Å². The van der Waals surface area contributed by atoms with Gasteiger partial charge in [-0.2, -0.15) is 4.98 Å². The predicted octanol–water partition coefficient (Wildman–Crippen LogP) is 0.271. The third-order valence-electron chi connectivity index (χ3n) is 3.75. The minimum absolute atomic E-state index is 0.218. The van der Waals surface area contributed by atoms with Crippen molar-refractivity contribution in [3.05, 3.63) is 11.7 Å². The number of aryl methyl sites for hydroxylation is 1. The lowest BCUT2D eigenvalue weighted by molar-refractivity contribution is -0.159. The van der Waals surface area contributed by atoms with E-state index in [1.165, 1.54) is 32.4 Å². The van der Waals surface area contributed by atoms with Gasteiger partial charge in [-0.1, -0.05) is 5.16 Å². The predicted molar refractivity (Wildman–Crippen MR) is 66.3 cm³/mol. The molecule has 8 nitrogen and oxygen atoms in total. The highest BCUT2D eigenvalue weighted by atomic mass is 16.5. The van der Waals surface area contributed by atoms with Gasteiger partial charge in [0.1, 0.15) is 0 Å². The van der Waals surface area contributed by atoms with E-state index in [1.807, 2.05) is 6.92 Å². The quantitative estimate of drug-likeness (QED) is 0.705. The summed E-state index contributed by atoms with van der Waals surface area (Å²) in [5.41, 5.74) is 0.218. The van der Waals surface area contributed by atoms with Gasteiger partial charge in [-0.25, -0.2) is 9.59 Å². The van der Waals surface area contributed by atoms with Crippen molar-refractivity contribution in [3.8, 4) is 0 Å². The zero-order valence-electron chi connectivity index (χ0n) is 11.2. The largest absolute Gasteiger partial charge is 0.473 e. The zero-order valence-corrected chi connectivity index (χ0v) is 11.2. The van der Waals surface area contributed by atoms with Gasteiger partial charge in [0.25, 0.3) is 0 Å². The van der Waals surface area contributed by atoms with Gasteiger partial charge >= 0.3 is 11.9 Å². The number of rotatable bonds is 1. The van der Waals surface area contributed by atoms with E-state index in [2.05, 4.69) is 15.0 Å². The maximum atomic E-state index is 9.10. The Kier molecular flexibility index (Phi) is 4.03. The highest BCUT2D eigenvalue weighted by molar-refractivity contribution is 6.27. The Morgan fingerprint density at radius 3 is 2.50 bits per heavy atom. The summed E-state index contributed by atoms with van der Waals surface area (Å²) in [6.07, 6.45) is 3.70. The first-order valence-corrected chi connectivity index (χ1v) is 6.42. The van der Waals surface area contributed by atoms with Gasteiger partial charge in [0.05, 0.1) is 0 Å². The van der Waals surface area contributed by atoms with Gasteiger partial charge in [0.15, 0.2) is 5.82 Å². The molecule has 3 rings (SSSR count). The Labute approximate surface area is 115 Å². The summed E-state index contributed by atoms with van der Waals surface area (Å²) in [5.74, 6) is -2.01. The Balaban J connectivity index is 0.000000212. The average molecular weight is 283 g/mol. The molecule has 1 aromatic rings. The second-order valence-electron chi connectivity index (χ2n) is 5.16. The average Bonchev–Trinajstić information content (AvgIpc) is 2.96. The highest BCUT2D eigenvalue weighted by Gasteiger charge is 2.45. The van der Waals surface area contributed by atoms with Crippen LogP contribution in [0.1, 0.15) is 31.0 Å². The van der Waals surface area contributed by atoms with Crippen molar-refractivity contribution in [2.45, 2.75) is 31.6 Å². The van der Waals surface area contributed by atoms with Gasteiger partial charge in [-0.15, -0.1) is 0 Å². The molecule has 2 aliphatic rings. The Morgan fingerprint density at radius 2 is 1.95 bits per heavy atom. The van der Waals surface area contributed by atoms with Crippen LogP contribution in [0.4, 0.5) is 0 Å². The molecule has 2 bridgehead atoms. The van der Waals surface area contributed by atoms with Crippen molar-refractivity contribution < 1.29 is 24.3 Å². The van der Waals surface area contributed by atoms with Crippen molar-refractivity contribution in [2.75, 3.05) is 19.6 Å². The number of carbonyl (C=O) groups is 2. The number of fused-ring (bicyclic) bond motifs is 2. The summed E-state index contributed by atoms with van der Waals surface area (Å²) < 4.78 is 5.08. The van der Waals surface area contributed by atoms with Crippen molar-refractivity contribution in [1.29, 1.82) is 0 Å². The molecule has 20 heavy (non-hydrogen) atoms. The van der Waals surface area contributed by atoms with Crippen LogP contribution in [0.3, 0.4) is 0 Å². The molecule has 2 N–H and O–H groups in total. The van der Waals surface area contributed by atoms with Gasteiger partial charge in [0, 0.05) is 18.9 Å². The van der Waals surface area contributed by atoms with Crippen LogP contribution < -0.4 is 0 Å². The molecule has 2 atom stereocenters. The Bertz CT molecular complexity index is 499. The van der Waals surface area contributed by atoms with Crippen LogP contribution in [0, 0.1) is 6.92 Å². The summed E-state index contributed by atoms with van der Waals surface area (Å²) in [6, 6.07) is 0. The fourth-order valence-electron chi connectivity index (χ4n) is 2.80. The number of nitrogens with zero attached hydrogens (tertiary/aromatic N) is 3. The van der Waals surface area contributed by atoms with E-state index in [0.717, 1.165) is 12.4 Å². The fourth-order valence-corrected chi connectivity index (χ4v) is 2.80. The first kappa shape index (κ1) is 14.4. The monoisotopic (exact) mass is 283 g/mol. The summed E-state index contributed by atoms with van der Waals surface area (Å²) in [4.78, 5) is 25.1. The van der Waals surface area contributed by atoms with Crippen LogP contribution >= 0.6 is 0 Å². The molecule has 110 valence electrons. The van der Waals surface area contributed by atoms with E-state index in [-0.39, 0.29) is 5.41 Å². The molecule has 2 fully saturated rings. The molecule has 3 heterocycles. The first-order valence-electron chi connectivity index (χ1n) is 6.42. The molecular formula is C12H17N3O5. The third kappa shape index (κ3) is 2.96. The van der Waals surface area contributed by atoms with E-state index in [4.69, 9.17) is 24.3 Å². The van der Waals surface area contributed by atoms with Crippen molar-refractivity contribution >= 4 is 11.9 Å². The molecule has 2 saturated heterocycles. The molecule has 0 spiro atoms. The molecule has 0 aliphatic carbocycles. The van der Waals surface area contributed by atoms with Crippen LogP contribution in [0.15, 0.2) is 4.52 Å². The lowest BCUT2D eigenvalue weighted by Gasteiger charge is -2.30. The van der Waals surface area contributed by atoms with Crippen molar-refractivity contribution in [1.82, 2.24) is 15.0 Å². The topological polar surface area (TPSA) is 117 Å². The van der Waals surface area contributed by atoms with Gasteiger partial charge in [-0.3, -0.25) is 0 Å². The summed E-state index contributed by atoms with van der Waals surface area (Å²) in [5, 5.41) is 18.9. The normalized spacial score (nSPS) is 27.6. The minimum Gasteiger partial charge on any atom is -0.473 e. The van der Waals surface area contributed by atoms with Gasteiger partial charge in [0.2, 0.25) is 5.89 Å². The summed E-state index contributed by atoms with van der Waals surface area (Å²) in [6.45, 7) is 5.45. The zero-order chi connectivity index (χ0) is 14.8. The molecule has 1 aromatic heterocycles. The third-order valence-corrected chi connectivity index (χ3v) is 3.75. The second-order valence-corrected chi connectivity index (χ2v) is 5.16. The second kappa shape index (κ2) is 5.58. The standard InChI is InChI=1S/C10H15N3O.C2H2O4/c1-8-11-9(12-14-8)10-3-2-5-13(7-10)6-4-10;3-1(4)2(5)6/h2-7H2,1H3;(H,3,4)(H,5,6). The summed E-state index contributed by atoms with van der Waals surface area (Å²) in [7, 11) is 0. The Morgan fingerprint density at radius 1 is 1.25 bits per heavy atom. The molecule has 0 radical (unpaired) electrons. The molecule has 8 heteroatoms. The van der Waals surface area contributed by atoms with Crippen LogP contribution in [0.2, 0.25) is 0 Å². The number of carboxylic acids is 2. The molecule has 0 aromatic carbocycles. The minimum atomic E-state index is -1.82. The van der Waals surface area contributed by atoms with Crippen LogP contribution in [0.25, 0.3) is 0 Å². The van der Waals surface area contributed by atoms with Crippen LogP contribution in [-0.4, -0.2) is 56.8 Å². The van der Waals surface area contributed by atoms with Gasteiger partial charge in [-0.05, 0) is 32.4 Å². The fraction of sp³-hybridized carbons (Fsp3) is 0.667. The van der Waals surface area contributed by atoms with E-state index < -0.39 is 11.9 Å². The number of carboxylic acid groups (broad SMARTS) is 2.